The first-order chi connectivity index (χ1) is 7.50. The molecule has 2 fully saturated rings. The van der Waals surface area contributed by atoms with Gasteiger partial charge >= 0.3 is 0 Å². The van der Waals surface area contributed by atoms with Crippen molar-refractivity contribution in [2.45, 2.75) is 56.9 Å². The first-order valence-electron chi connectivity index (χ1n) is 6.25. The number of rotatable bonds is 2. The second-order valence-corrected chi connectivity index (χ2v) is 7.45. The maximum atomic E-state index is 12.4. The van der Waals surface area contributed by atoms with Gasteiger partial charge in [-0.05, 0) is 26.7 Å². The van der Waals surface area contributed by atoms with E-state index in [1.54, 1.807) is 4.31 Å². The molecule has 1 N–H and O–H groups in total. The van der Waals surface area contributed by atoms with Crippen molar-refractivity contribution in [3.05, 3.63) is 0 Å². The second-order valence-electron chi connectivity index (χ2n) is 5.24. The Hall–Kier alpha value is -0.130. The van der Waals surface area contributed by atoms with Crippen LogP contribution >= 0.6 is 0 Å². The molecule has 0 amide bonds. The van der Waals surface area contributed by atoms with Crippen molar-refractivity contribution in [1.82, 2.24) is 9.62 Å². The van der Waals surface area contributed by atoms with Crippen LogP contribution in [0.2, 0.25) is 0 Å². The summed E-state index contributed by atoms with van der Waals surface area (Å²) in [4.78, 5) is 0. The smallest absolute Gasteiger partial charge is 0.217 e. The summed E-state index contributed by atoms with van der Waals surface area (Å²) >= 11 is 0. The van der Waals surface area contributed by atoms with E-state index in [1.807, 2.05) is 13.8 Å². The molecule has 4 nitrogen and oxygen atoms in total. The van der Waals surface area contributed by atoms with Gasteiger partial charge in [0, 0.05) is 25.2 Å². The predicted octanol–water partition coefficient (Wildman–Crippen LogP) is 0.941. The van der Waals surface area contributed by atoms with Crippen LogP contribution in [-0.2, 0) is 10.0 Å². The van der Waals surface area contributed by atoms with Crippen molar-refractivity contribution in [1.29, 1.82) is 0 Å². The van der Waals surface area contributed by atoms with Gasteiger partial charge in [-0.15, -0.1) is 0 Å². The van der Waals surface area contributed by atoms with Gasteiger partial charge in [0.15, 0.2) is 0 Å². The highest BCUT2D eigenvalue weighted by Gasteiger charge is 2.37. The van der Waals surface area contributed by atoms with Crippen molar-refractivity contribution in [3.8, 4) is 0 Å². The first kappa shape index (κ1) is 12.3. The Balaban J connectivity index is 2.10. The standard InChI is InChI=1S/C11H22N2O2S/c1-9-7-13(8-10(2)12-9)16(14,15)11-5-3-4-6-11/h9-12H,3-8H2,1-2H3. The third-order valence-corrected chi connectivity index (χ3v) is 5.94. The predicted molar refractivity (Wildman–Crippen MR) is 64.8 cm³/mol. The quantitative estimate of drug-likeness (QED) is 0.789. The van der Waals surface area contributed by atoms with E-state index in [4.69, 9.17) is 0 Å². The van der Waals surface area contributed by atoms with E-state index in [-0.39, 0.29) is 17.3 Å². The van der Waals surface area contributed by atoms with Gasteiger partial charge in [0.2, 0.25) is 10.0 Å². The summed E-state index contributed by atoms with van der Waals surface area (Å²) in [5, 5.41) is 3.26. The SMILES string of the molecule is CC1CN(S(=O)(=O)C2CCCC2)CC(C)N1. The molecule has 0 radical (unpaired) electrons. The van der Waals surface area contributed by atoms with Crippen molar-refractivity contribution in [3.63, 3.8) is 0 Å². The molecule has 1 aliphatic heterocycles. The summed E-state index contributed by atoms with van der Waals surface area (Å²) in [6.07, 6.45) is 3.85. The van der Waals surface area contributed by atoms with Crippen molar-refractivity contribution in [2.24, 2.45) is 0 Å². The van der Waals surface area contributed by atoms with E-state index in [9.17, 15) is 8.42 Å². The molecule has 2 atom stereocenters. The average molecular weight is 246 g/mol. The van der Waals surface area contributed by atoms with Gasteiger partial charge in [0.25, 0.3) is 0 Å². The number of sulfonamides is 1. The molecule has 0 aromatic carbocycles. The lowest BCUT2D eigenvalue weighted by molar-refractivity contribution is 0.260. The highest BCUT2D eigenvalue weighted by Crippen LogP contribution is 2.27. The van der Waals surface area contributed by atoms with Crippen LogP contribution in [0.5, 0.6) is 0 Å². The van der Waals surface area contributed by atoms with Crippen molar-refractivity contribution < 1.29 is 8.42 Å². The Morgan fingerprint density at radius 3 is 2.06 bits per heavy atom. The van der Waals surface area contributed by atoms with E-state index < -0.39 is 10.0 Å². The Kier molecular flexibility index (Phi) is 3.56. The van der Waals surface area contributed by atoms with Crippen LogP contribution in [0.1, 0.15) is 39.5 Å². The molecular formula is C11H22N2O2S. The molecule has 16 heavy (non-hydrogen) atoms. The largest absolute Gasteiger partial charge is 0.309 e. The lowest BCUT2D eigenvalue weighted by Gasteiger charge is -2.36. The molecule has 2 unspecified atom stereocenters. The molecule has 1 aliphatic carbocycles. The van der Waals surface area contributed by atoms with E-state index in [0.29, 0.717) is 13.1 Å². The fourth-order valence-corrected chi connectivity index (χ4v) is 5.09. The molecule has 0 aromatic heterocycles. The zero-order chi connectivity index (χ0) is 11.8. The molecule has 5 heteroatoms. The van der Waals surface area contributed by atoms with Gasteiger partial charge in [0.05, 0.1) is 5.25 Å². The lowest BCUT2D eigenvalue weighted by Crippen LogP contribution is -2.57. The van der Waals surface area contributed by atoms with Gasteiger partial charge in [-0.3, -0.25) is 0 Å². The fraction of sp³-hybridized carbons (Fsp3) is 1.00. The van der Waals surface area contributed by atoms with Crippen LogP contribution in [0.15, 0.2) is 0 Å². The van der Waals surface area contributed by atoms with Crippen molar-refractivity contribution in [2.75, 3.05) is 13.1 Å². The highest BCUT2D eigenvalue weighted by atomic mass is 32.2. The normalized spacial score (nSPS) is 34.4. The maximum absolute atomic E-state index is 12.4. The third kappa shape index (κ3) is 2.41. The molecule has 0 aromatic rings. The van der Waals surface area contributed by atoms with E-state index >= 15 is 0 Å². The Bertz CT molecular complexity index is 326. The van der Waals surface area contributed by atoms with Crippen LogP contribution < -0.4 is 5.32 Å². The molecule has 2 rings (SSSR count). The zero-order valence-corrected chi connectivity index (χ0v) is 11.0. The minimum absolute atomic E-state index is 0.106. The topological polar surface area (TPSA) is 49.4 Å². The minimum Gasteiger partial charge on any atom is -0.309 e. The van der Waals surface area contributed by atoms with Gasteiger partial charge in [-0.1, -0.05) is 12.8 Å². The Labute approximate surface area is 98.4 Å². The summed E-state index contributed by atoms with van der Waals surface area (Å²) < 4.78 is 26.5. The van der Waals surface area contributed by atoms with Crippen LogP contribution in [0.25, 0.3) is 0 Å². The van der Waals surface area contributed by atoms with Gasteiger partial charge in [0.1, 0.15) is 0 Å². The van der Waals surface area contributed by atoms with E-state index in [2.05, 4.69) is 5.32 Å². The fourth-order valence-electron chi connectivity index (χ4n) is 2.88. The molecule has 2 aliphatic rings. The minimum atomic E-state index is -3.03. The number of hydrogen-bond acceptors (Lipinski definition) is 3. The van der Waals surface area contributed by atoms with Crippen LogP contribution in [0.3, 0.4) is 0 Å². The van der Waals surface area contributed by atoms with E-state index in [1.165, 1.54) is 0 Å². The van der Waals surface area contributed by atoms with Crippen LogP contribution in [0.4, 0.5) is 0 Å². The molecular weight excluding hydrogens is 224 g/mol. The summed E-state index contributed by atoms with van der Waals surface area (Å²) in [6, 6.07) is 0.528. The Morgan fingerprint density at radius 2 is 1.56 bits per heavy atom. The summed E-state index contributed by atoms with van der Waals surface area (Å²) in [6.45, 7) is 5.35. The van der Waals surface area contributed by atoms with Crippen LogP contribution in [0, 0.1) is 0 Å². The first-order valence-corrected chi connectivity index (χ1v) is 7.75. The monoisotopic (exact) mass is 246 g/mol. The molecule has 94 valence electrons. The van der Waals surface area contributed by atoms with Gasteiger partial charge in [-0.25, -0.2) is 8.42 Å². The molecule has 1 heterocycles. The number of hydrogen-bond donors (Lipinski definition) is 1. The summed E-state index contributed by atoms with van der Waals surface area (Å²) in [5.41, 5.74) is 0. The summed E-state index contributed by atoms with van der Waals surface area (Å²) in [7, 11) is -3.03. The Morgan fingerprint density at radius 1 is 1.06 bits per heavy atom. The number of piperazine rings is 1. The highest BCUT2D eigenvalue weighted by molar-refractivity contribution is 7.89. The number of nitrogens with one attached hydrogen (secondary N) is 1. The van der Waals surface area contributed by atoms with E-state index in [0.717, 1.165) is 25.7 Å². The summed E-state index contributed by atoms with van der Waals surface area (Å²) in [5.74, 6) is 0. The van der Waals surface area contributed by atoms with Crippen molar-refractivity contribution >= 4 is 10.0 Å². The molecule has 0 spiro atoms. The third-order valence-electron chi connectivity index (χ3n) is 3.61. The molecule has 1 saturated heterocycles. The molecule has 0 bridgehead atoms. The lowest BCUT2D eigenvalue weighted by atomic mass is 10.2. The number of nitrogens with zero attached hydrogens (tertiary/aromatic N) is 1. The maximum Gasteiger partial charge on any atom is 0.217 e. The van der Waals surface area contributed by atoms with Crippen LogP contribution in [-0.4, -0.2) is 43.1 Å². The van der Waals surface area contributed by atoms with Gasteiger partial charge < -0.3 is 5.32 Å². The second kappa shape index (κ2) is 4.63. The molecule has 1 saturated carbocycles. The average Bonchev–Trinajstić information content (AvgIpc) is 2.69. The zero-order valence-electron chi connectivity index (χ0n) is 10.1. The van der Waals surface area contributed by atoms with Gasteiger partial charge in [-0.2, -0.15) is 4.31 Å².